The fourth-order valence-corrected chi connectivity index (χ4v) is 3.14. The van der Waals surface area contributed by atoms with Gasteiger partial charge in [-0.1, -0.05) is 0 Å². The summed E-state index contributed by atoms with van der Waals surface area (Å²) in [5.74, 6) is 0.388. The Morgan fingerprint density at radius 1 is 1.22 bits per heavy atom. The summed E-state index contributed by atoms with van der Waals surface area (Å²) >= 11 is 1.49. The summed E-state index contributed by atoms with van der Waals surface area (Å²) in [4.78, 5) is 17.5. The van der Waals surface area contributed by atoms with Gasteiger partial charge in [-0.2, -0.15) is 0 Å². The van der Waals surface area contributed by atoms with Gasteiger partial charge in [0.15, 0.2) is 6.20 Å². The number of carbonyl (C=O) groups is 1. The molecule has 2 N–H and O–H groups in total. The van der Waals surface area contributed by atoms with Crippen molar-refractivity contribution in [2.24, 2.45) is 0 Å². The lowest BCUT2D eigenvalue weighted by Gasteiger charge is -2.23. The largest absolute Gasteiger partial charge is 0.372 e. The standard InChI is InChI=1S/C18H23N3OS/c1-4-21(5-2)16-10-9-15(12-14(16)3)20-17(22)13-23-18-8-6-7-11-19-18/h6-12H,4-5,13H2,1-3H3,(H,20,22)/p+1. The van der Waals surface area contributed by atoms with E-state index in [1.54, 1.807) is 0 Å². The third-order valence-electron chi connectivity index (χ3n) is 3.62. The highest BCUT2D eigenvalue weighted by Gasteiger charge is 2.09. The Morgan fingerprint density at radius 2 is 2.00 bits per heavy atom. The quantitative estimate of drug-likeness (QED) is 0.792. The Hall–Kier alpha value is -2.01. The fourth-order valence-electron chi connectivity index (χ4n) is 2.46. The van der Waals surface area contributed by atoms with E-state index in [0.29, 0.717) is 5.75 Å². The molecule has 0 bridgehead atoms. The second kappa shape index (κ2) is 8.58. The number of aromatic amines is 1. The molecule has 0 saturated carbocycles. The van der Waals surface area contributed by atoms with E-state index in [0.717, 1.165) is 23.8 Å². The summed E-state index contributed by atoms with van der Waals surface area (Å²) in [7, 11) is 0. The number of aromatic nitrogens is 1. The predicted molar refractivity (Wildman–Crippen MR) is 97.1 cm³/mol. The molecular weight excluding hydrogens is 306 g/mol. The molecule has 1 heterocycles. The molecule has 0 unspecified atom stereocenters. The van der Waals surface area contributed by atoms with Crippen LogP contribution in [0.3, 0.4) is 0 Å². The van der Waals surface area contributed by atoms with Gasteiger partial charge < -0.3 is 10.2 Å². The van der Waals surface area contributed by atoms with E-state index in [1.165, 1.54) is 23.0 Å². The lowest BCUT2D eigenvalue weighted by molar-refractivity contribution is -0.426. The Labute approximate surface area is 142 Å². The SMILES string of the molecule is CCN(CC)c1ccc(NC(=O)CSc2cccc[nH+]2)cc1C. The molecule has 4 nitrogen and oxygen atoms in total. The van der Waals surface area contributed by atoms with Crippen molar-refractivity contribution < 1.29 is 9.78 Å². The number of nitrogens with one attached hydrogen (secondary N) is 2. The van der Waals surface area contributed by atoms with Crippen LogP contribution in [0.15, 0.2) is 47.6 Å². The number of hydrogen-bond acceptors (Lipinski definition) is 3. The van der Waals surface area contributed by atoms with E-state index in [4.69, 9.17) is 0 Å². The molecule has 0 aliphatic rings. The first-order valence-electron chi connectivity index (χ1n) is 7.89. The lowest BCUT2D eigenvalue weighted by Crippen LogP contribution is -2.23. The first-order chi connectivity index (χ1) is 11.1. The summed E-state index contributed by atoms with van der Waals surface area (Å²) in [5, 5.41) is 3.95. The van der Waals surface area contributed by atoms with Crippen LogP contribution >= 0.6 is 11.8 Å². The molecule has 2 rings (SSSR count). The van der Waals surface area contributed by atoms with E-state index in [2.05, 4.69) is 42.0 Å². The topological polar surface area (TPSA) is 46.5 Å². The Morgan fingerprint density at radius 3 is 2.61 bits per heavy atom. The van der Waals surface area contributed by atoms with Crippen molar-refractivity contribution in [3.8, 4) is 0 Å². The number of hydrogen-bond donors (Lipinski definition) is 1. The van der Waals surface area contributed by atoms with Crippen LogP contribution in [0.5, 0.6) is 0 Å². The zero-order valence-corrected chi connectivity index (χ0v) is 14.7. The highest BCUT2D eigenvalue weighted by molar-refractivity contribution is 7.99. The first-order valence-corrected chi connectivity index (χ1v) is 8.87. The van der Waals surface area contributed by atoms with Gasteiger partial charge in [0.1, 0.15) is 0 Å². The molecule has 0 aliphatic carbocycles. The molecule has 0 saturated heterocycles. The average molecular weight is 330 g/mol. The van der Waals surface area contributed by atoms with Crippen molar-refractivity contribution in [3.05, 3.63) is 48.2 Å². The minimum absolute atomic E-state index is 0.00208. The highest BCUT2D eigenvalue weighted by Crippen LogP contribution is 2.23. The molecule has 0 atom stereocenters. The molecule has 0 radical (unpaired) electrons. The van der Waals surface area contributed by atoms with Gasteiger partial charge in [0.2, 0.25) is 10.9 Å². The summed E-state index contributed by atoms with van der Waals surface area (Å²) in [6, 6.07) is 11.9. The molecule has 0 spiro atoms. The number of amides is 1. The zero-order chi connectivity index (χ0) is 16.7. The van der Waals surface area contributed by atoms with Crippen LogP contribution in [-0.2, 0) is 4.79 Å². The van der Waals surface area contributed by atoms with Gasteiger partial charge in [-0.25, -0.2) is 4.98 Å². The molecule has 0 fully saturated rings. The minimum Gasteiger partial charge on any atom is -0.372 e. The number of rotatable bonds is 7. The number of pyridine rings is 1. The van der Waals surface area contributed by atoms with Crippen LogP contribution in [0.25, 0.3) is 0 Å². The molecule has 1 aromatic carbocycles. The maximum absolute atomic E-state index is 12.1. The van der Waals surface area contributed by atoms with Gasteiger partial charge in [-0.3, -0.25) is 4.79 Å². The summed E-state index contributed by atoms with van der Waals surface area (Å²) in [5.41, 5.74) is 3.25. The number of benzene rings is 1. The van der Waals surface area contributed by atoms with Gasteiger partial charge in [0.05, 0.1) is 5.75 Å². The van der Waals surface area contributed by atoms with Crippen molar-refractivity contribution in [1.82, 2.24) is 0 Å². The van der Waals surface area contributed by atoms with Gasteiger partial charge in [-0.15, -0.1) is 0 Å². The van der Waals surface area contributed by atoms with Crippen molar-refractivity contribution in [2.45, 2.75) is 25.8 Å². The minimum atomic E-state index is 0.00208. The number of H-pyrrole nitrogens is 1. The van der Waals surface area contributed by atoms with Crippen molar-refractivity contribution in [1.29, 1.82) is 0 Å². The molecule has 23 heavy (non-hydrogen) atoms. The van der Waals surface area contributed by atoms with Crippen LogP contribution in [0.2, 0.25) is 0 Å². The van der Waals surface area contributed by atoms with Crippen molar-refractivity contribution >= 4 is 29.0 Å². The molecular formula is C18H24N3OS+. The Kier molecular flexibility index (Phi) is 6.47. The van der Waals surface area contributed by atoms with Crippen LogP contribution in [0, 0.1) is 6.92 Å². The normalized spacial score (nSPS) is 10.4. The highest BCUT2D eigenvalue weighted by atomic mass is 32.2. The third kappa shape index (κ3) is 4.99. The van der Waals surface area contributed by atoms with Gasteiger partial charge in [0.25, 0.3) is 0 Å². The van der Waals surface area contributed by atoms with Crippen LogP contribution in [0.1, 0.15) is 19.4 Å². The zero-order valence-electron chi connectivity index (χ0n) is 13.9. The van der Waals surface area contributed by atoms with E-state index < -0.39 is 0 Å². The van der Waals surface area contributed by atoms with Crippen molar-refractivity contribution in [2.75, 3.05) is 29.1 Å². The number of nitrogens with zero attached hydrogens (tertiary/aromatic N) is 1. The number of thioether (sulfide) groups is 1. The van der Waals surface area contributed by atoms with Crippen molar-refractivity contribution in [3.63, 3.8) is 0 Å². The van der Waals surface area contributed by atoms with E-state index >= 15 is 0 Å². The third-order valence-corrected chi connectivity index (χ3v) is 4.60. The maximum Gasteiger partial charge on any atom is 0.238 e. The van der Waals surface area contributed by atoms with E-state index in [-0.39, 0.29) is 5.91 Å². The number of aryl methyl sites for hydroxylation is 1. The Balaban J connectivity index is 1.94. The molecule has 1 aromatic heterocycles. The maximum atomic E-state index is 12.1. The van der Waals surface area contributed by atoms with Crippen LogP contribution < -0.4 is 15.2 Å². The second-order valence-electron chi connectivity index (χ2n) is 5.24. The Bertz CT molecular complexity index is 642. The molecule has 2 aromatic rings. The van der Waals surface area contributed by atoms with Gasteiger partial charge in [0, 0.05) is 36.6 Å². The van der Waals surface area contributed by atoms with E-state index in [9.17, 15) is 4.79 Å². The molecule has 1 amide bonds. The summed E-state index contributed by atoms with van der Waals surface area (Å²) in [6.45, 7) is 8.34. The smallest absolute Gasteiger partial charge is 0.238 e. The summed E-state index contributed by atoms with van der Waals surface area (Å²) in [6.07, 6.45) is 1.86. The monoisotopic (exact) mass is 330 g/mol. The lowest BCUT2D eigenvalue weighted by atomic mass is 10.1. The fraction of sp³-hybridized carbons (Fsp3) is 0.333. The molecule has 122 valence electrons. The predicted octanol–water partition coefficient (Wildman–Crippen LogP) is 3.39. The first kappa shape index (κ1) is 17.3. The molecule has 0 aliphatic heterocycles. The number of carbonyl (C=O) groups excluding carboxylic acids is 1. The molecule has 5 heteroatoms. The van der Waals surface area contributed by atoms with Crippen LogP contribution in [0.4, 0.5) is 11.4 Å². The van der Waals surface area contributed by atoms with E-state index in [1.807, 2.05) is 36.5 Å². The number of anilines is 2. The van der Waals surface area contributed by atoms with Gasteiger partial charge in [-0.05, 0) is 62.4 Å². The second-order valence-corrected chi connectivity index (χ2v) is 6.25. The summed E-state index contributed by atoms with van der Waals surface area (Å²) < 4.78 is 0. The van der Waals surface area contributed by atoms with Crippen LogP contribution in [-0.4, -0.2) is 24.7 Å². The van der Waals surface area contributed by atoms with Gasteiger partial charge >= 0.3 is 0 Å². The average Bonchev–Trinajstić information content (AvgIpc) is 2.57.